The van der Waals surface area contributed by atoms with E-state index >= 15 is 0 Å². The highest BCUT2D eigenvalue weighted by Crippen LogP contribution is 2.42. The Kier molecular flexibility index (Phi) is 7.84. The Morgan fingerprint density at radius 1 is 1.20 bits per heavy atom. The first-order valence-corrected chi connectivity index (χ1v) is 12.7. The van der Waals surface area contributed by atoms with Gasteiger partial charge < -0.3 is 29.3 Å². The molecule has 1 N–H and O–H groups in total. The number of methoxy groups -OCH3 is 1. The lowest BCUT2D eigenvalue weighted by Gasteiger charge is -2.44. The van der Waals surface area contributed by atoms with Crippen molar-refractivity contribution in [1.29, 1.82) is 0 Å². The van der Waals surface area contributed by atoms with Gasteiger partial charge in [0.25, 0.3) is 11.8 Å². The number of alkyl carbamates (subject to hydrolysis) is 1. The molecule has 1 aromatic rings. The first-order valence-electron chi connectivity index (χ1n) is 12.7. The van der Waals surface area contributed by atoms with E-state index in [4.69, 9.17) is 9.47 Å². The largest absolute Gasteiger partial charge is 0.475 e. The monoisotopic (exact) mass is 487 g/mol. The van der Waals surface area contributed by atoms with Crippen molar-refractivity contribution in [3.8, 4) is 5.75 Å². The molecule has 0 radical (unpaired) electrons. The number of hydrogen-bond acceptors (Lipinski definition) is 6. The second-order valence-electron chi connectivity index (χ2n) is 9.86. The number of hydrogen-bond donors (Lipinski definition) is 1. The topological polar surface area (TPSA) is 97.4 Å². The van der Waals surface area contributed by atoms with Crippen molar-refractivity contribution < 1.29 is 28.6 Å². The number of anilines is 1. The predicted octanol–water partition coefficient (Wildman–Crippen LogP) is 3.50. The van der Waals surface area contributed by atoms with Crippen LogP contribution in [0, 0.1) is 0 Å². The lowest BCUT2D eigenvalue weighted by Crippen LogP contribution is -2.59. The summed E-state index contributed by atoms with van der Waals surface area (Å²) in [6.45, 7) is 5.44. The molecule has 2 aliphatic heterocycles. The van der Waals surface area contributed by atoms with Gasteiger partial charge in [0, 0.05) is 43.6 Å². The van der Waals surface area contributed by atoms with E-state index < -0.39 is 11.7 Å². The van der Waals surface area contributed by atoms with Crippen LogP contribution in [0.25, 0.3) is 0 Å². The fourth-order valence-electron chi connectivity index (χ4n) is 5.47. The van der Waals surface area contributed by atoms with E-state index in [-0.39, 0.29) is 37.0 Å². The van der Waals surface area contributed by atoms with E-state index in [0.29, 0.717) is 43.1 Å². The molecule has 1 spiro atoms. The first-order chi connectivity index (χ1) is 16.9. The van der Waals surface area contributed by atoms with Crippen molar-refractivity contribution in [2.24, 2.45) is 0 Å². The van der Waals surface area contributed by atoms with Crippen LogP contribution in [0.4, 0.5) is 10.5 Å². The van der Waals surface area contributed by atoms with Crippen LogP contribution in [0.1, 0.15) is 69.2 Å². The molecule has 0 unspecified atom stereocenters. The maximum Gasteiger partial charge on any atom is 0.406 e. The number of carbonyl (C=O) groups excluding carboxylic acids is 3. The minimum absolute atomic E-state index is 0.0267. The maximum atomic E-state index is 13.7. The molecule has 2 fully saturated rings. The molecular weight excluding hydrogens is 450 g/mol. The van der Waals surface area contributed by atoms with Crippen molar-refractivity contribution in [2.75, 3.05) is 38.3 Å². The summed E-state index contributed by atoms with van der Waals surface area (Å²) in [5, 5.41) is 2.64. The van der Waals surface area contributed by atoms with E-state index in [1.807, 2.05) is 4.90 Å². The fourth-order valence-corrected chi connectivity index (χ4v) is 5.47. The Morgan fingerprint density at radius 3 is 2.57 bits per heavy atom. The molecule has 2 heterocycles. The average molecular weight is 488 g/mol. The standard InChI is InChI=1S/C26H37N3O6/c1-18(2)29(20-7-5-4-6-8-20)23(30)19-9-10-22-21(17-19)28(14-13-27-25(32)33-3)24(31)26(35-22)11-15-34-16-12-26/h9-10,17-18,20H,4-8,11-16H2,1-3H3,(H,27,32). The van der Waals surface area contributed by atoms with Crippen molar-refractivity contribution in [2.45, 2.75) is 76.5 Å². The Labute approximate surface area is 207 Å². The van der Waals surface area contributed by atoms with Gasteiger partial charge in [-0.25, -0.2) is 4.79 Å². The van der Waals surface area contributed by atoms with Gasteiger partial charge in [0.05, 0.1) is 26.0 Å². The smallest absolute Gasteiger partial charge is 0.406 e. The van der Waals surface area contributed by atoms with E-state index in [1.54, 1.807) is 23.1 Å². The van der Waals surface area contributed by atoms with Crippen molar-refractivity contribution in [3.05, 3.63) is 23.8 Å². The van der Waals surface area contributed by atoms with Crippen LogP contribution in [0.2, 0.25) is 0 Å². The third-order valence-electron chi connectivity index (χ3n) is 7.29. The minimum atomic E-state index is -0.992. The number of benzene rings is 1. The second kappa shape index (κ2) is 10.8. The molecule has 0 bridgehead atoms. The second-order valence-corrected chi connectivity index (χ2v) is 9.86. The highest BCUT2D eigenvalue weighted by Gasteiger charge is 2.49. The normalized spacial score (nSPS) is 19.8. The molecule has 9 nitrogen and oxygen atoms in total. The van der Waals surface area contributed by atoms with Gasteiger partial charge in [-0.15, -0.1) is 0 Å². The van der Waals surface area contributed by atoms with Gasteiger partial charge in [0.2, 0.25) is 0 Å². The van der Waals surface area contributed by atoms with Gasteiger partial charge in [0.1, 0.15) is 5.75 Å². The number of ether oxygens (including phenoxy) is 3. The predicted molar refractivity (Wildman–Crippen MR) is 131 cm³/mol. The number of nitrogens with one attached hydrogen (secondary N) is 1. The molecule has 1 aliphatic carbocycles. The van der Waals surface area contributed by atoms with E-state index in [1.165, 1.54) is 13.5 Å². The molecule has 3 aliphatic rings. The van der Waals surface area contributed by atoms with Crippen LogP contribution in [0.5, 0.6) is 5.75 Å². The van der Waals surface area contributed by atoms with Crippen LogP contribution >= 0.6 is 0 Å². The Bertz CT molecular complexity index is 937. The zero-order valence-corrected chi connectivity index (χ0v) is 21.0. The van der Waals surface area contributed by atoms with Crippen LogP contribution in [0.3, 0.4) is 0 Å². The quantitative estimate of drug-likeness (QED) is 0.660. The number of fused-ring (bicyclic) bond motifs is 1. The van der Waals surface area contributed by atoms with E-state index in [0.717, 1.165) is 25.7 Å². The number of rotatable bonds is 6. The highest BCUT2D eigenvalue weighted by atomic mass is 16.5. The Morgan fingerprint density at radius 2 is 1.91 bits per heavy atom. The summed E-state index contributed by atoms with van der Waals surface area (Å²) >= 11 is 0. The van der Waals surface area contributed by atoms with Crippen molar-refractivity contribution >= 4 is 23.6 Å². The summed E-state index contributed by atoms with van der Waals surface area (Å²) in [4.78, 5) is 42.6. The van der Waals surface area contributed by atoms with Crippen LogP contribution in [0.15, 0.2) is 18.2 Å². The average Bonchev–Trinajstić information content (AvgIpc) is 2.87. The summed E-state index contributed by atoms with van der Waals surface area (Å²) in [5.74, 6) is 0.369. The Balaban J connectivity index is 1.64. The van der Waals surface area contributed by atoms with Crippen LogP contribution < -0.4 is 15.0 Å². The molecule has 1 aromatic carbocycles. The maximum absolute atomic E-state index is 13.7. The number of amides is 3. The van der Waals surface area contributed by atoms with Crippen molar-refractivity contribution in [3.63, 3.8) is 0 Å². The van der Waals surface area contributed by atoms with Gasteiger partial charge in [-0.2, -0.15) is 0 Å². The number of nitrogens with zero attached hydrogens (tertiary/aromatic N) is 2. The van der Waals surface area contributed by atoms with Gasteiger partial charge in [-0.1, -0.05) is 19.3 Å². The molecule has 1 saturated carbocycles. The molecule has 9 heteroatoms. The minimum Gasteiger partial charge on any atom is -0.475 e. The molecule has 35 heavy (non-hydrogen) atoms. The summed E-state index contributed by atoms with van der Waals surface area (Å²) in [7, 11) is 1.30. The molecule has 3 amide bonds. The SMILES string of the molecule is COC(=O)NCCN1C(=O)C2(CCOCC2)Oc2ccc(C(=O)N(C(C)C)C3CCCCC3)cc21. The summed E-state index contributed by atoms with van der Waals surface area (Å²) in [5.41, 5.74) is 0.0962. The van der Waals surface area contributed by atoms with Gasteiger partial charge in [-0.05, 0) is 44.9 Å². The fraction of sp³-hybridized carbons (Fsp3) is 0.654. The summed E-state index contributed by atoms with van der Waals surface area (Å²) < 4.78 is 16.4. The molecule has 192 valence electrons. The van der Waals surface area contributed by atoms with Crippen molar-refractivity contribution in [1.82, 2.24) is 10.2 Å². The molecule has 0 aromatic heterocycles. The zero-order chi connectivity index (χ0) is 25.0. The van der Waals surface area contributed by atoms with E-state index in [2.05, 4.69) is 23.9 Å². The van der Waals surface area contributed by atoms with E-state index in [9.17, 15) is 14.4 Å². The molecular formula is C26H37N3O6. The first kappa shape index (κ1) is 25.3. The third-order valence-corrected chi connectivity index (χ3v) is 7.29. The third kappa shape index (κ3) is 5.24. The zero-order valence-electron chi connectivity index (χ0n) is 21.0. The Hall–Kier alpha value is -2.81. The lowest BCUT2D eigenvalue weighted by atomic mass is 9.89. The molecule has 1 saturated heterocycles. The number of carbonyl (C=O) groups is 3. The summed E-state index contributed by atoms with van der Waals surface area (Å²) in [6.07, 6.45) is 5.89. The lowest BCUT2D eigenvalue weighted by molar-refractivity contribution is -0.144. The van der Waals surface area contributed by atoms with Crippen LogP contribution in [-0.4, -0.2) is 73.9 Å². The van der Waals surface area contributed by atoms with Gasteiger partial charge in [0.15, 0.2) is 5.60 Å². The summed E-state index contributed by atoms with van der Waals surface area (Å²) in [6, 6.07) is 5.67. The highest BCUT2D eigenvalue weighted by molar-refractivity contribution is 6.05. The molecule has 4 rings (SSSR count). The van der Waals surface area contributed by atoms with Crippen LogP contribution in [-0.2, 0) is 14.3 Å². The van der Waals surface area contributed by atoms with Gasteiger partial charge >= 0.3 is 6.09 Å². The van der Waals surface area contributed by atoms with Gasteiger partial charge in [-0.3, -0.25) is 9.59 Å². The molecule has 0 atom stereocenters.